The molecule has 1 heterocycles. The molecule has 0 spiro atoms. The van der Waals surface area contributed by atoms with Crippen LogP contribution in [0, 0.1) is 0 Å². The average molecular weight is 274 g/mol. The Kier molecular flexibility index (Phi) is 4.80. The smallest absolute Gasteiger partial charge is 0.0635 e. The number of rotatable bonds is 5. The van der Waals surface area contributed by atoms with Gasteiger partial charge in [0, 0.05) is 12.1 Å². The molecule has 0 aliphatic heterocycles. The minimum absolute atomic E-state index is 0.427. The lowest BCUT2D eigenvalue weighted by molar-refractivity contribution is 0.488. The summed E-state index contributed by atoms with van der Waals surface area (Å²) >= 11 is 3.55. The standard InChI is InChI=1S/C11H20BrN3/c1-8(2)15-11(10(12)7-14-15)6-5-9(3)13-4/h7-9,13H,5-6H2,1-4H3. The SMILES string of the molecule is CNC(C)CCc1c(Br)cnn1C(C)C. The molecule has 4 heteroatoms. The molecule has 1 aromatic rings. The van der Waals surface area contributed by atoms with Crippen molar-refractivity contribution in [3.63, 3.8) is 0 Å². The highest BCUT2D eigenvalue weighted by molar-refractivity contribution is 9.10. The first-order valence-electron chi connectivity index (χ1n) is 5.45. The maximum absolute atomic E-state index is 4.37. The van der Waals surface area contributed by atoms with Crippen LogP contribution in [-0.4, -0.2) is 22.9 Å². The second-order valence-electron chi connectivity index (χ2n) is 4.21. The summed E-state index contributed by atoms with van der Waals surface area (Å²) in [6.45, 7) is 6.51. The Morgan fingerprint density at radius 1 is 1.47 bits per heavy atom. The Morgan fingerprint density at radius 2 is 2.13 bits per heavy atom. The molecule has 0 amide bonds. The lowest BCUT2D eigenvalue weighted by atomic mass is 10.1. The molecule has 1 rings (SSSR count). The van der Waals surface area contributed by atoms with Crippen molar-refractivity contribution in [3.05, 3.63) is 16.4 Å². The maximum atomic E-state index is 4.37. The number of halogens is 1. The van der Waals surface area contributed by atoms with Gasteiger partial charge in [0.25, 0.3) is 0 Å². The van der Waals surface area contributed by atoms with Gasteiger partial charge in [-0.25, -0.2) is 0 Å². The second-order valence-corrected chi connectivity index (χ2v) is 5.06. The molecule has 1 unspecified atom stereocenters. The Bertz CT molecular complexity index is 307. The van der Waals surface area contributed by atoms with E-state index >= 15 is 0 Å². The van der Waals surface area contributed by atoms with Crippen LogP contribution >= 0.6 is 15.9 Å². The highest BCUT2D eigenvalue weighted by Crippen LogP contribution is 2.21. The summed E-state index contributed by atoms with van der Waals surface area (Å²) in [5.74, 6) is 0. The zero-order chi connectivity index (χ0) is 11.4. The Labute approximate surface area is 100 Å². The zero-order valence-corrected chi connectivity index (χ0v) is 11.5. The van der Waals surface area contributed by atoms with Gasteiger partial charge in [0.2, 0.25) is 0 Å². The van der Waals surface area contributed by atoms with Crippen molar-refractivity contribution in [2.75, 3.05) is 7.05 Å². The molecule has 0 bridgehead atoms. The van der Waals surface area contributed by atoms with Gasteiger partial charge < -0.3 is 5.32 Å². The summed E-state index contributed by atoms with van der Waals surface area (Å²) in [6.07, 6.45) is 4.08. The summed E-state index contributed by atoms with van der Waals surface area (Å²) < 4.78 is 3.21. The van der Waals surface area contributed by atoms with Crippen molar-refractivity contribution in [1.29, 1.82) is 0 Å². The number of hydrogen-bond acceptors (Lipinski definition) is 2. The van der Waals surface area contributed by atoms with Gasteiger partial charge in [-0.3, -0.25) is 4.68 Å². The molecule has 0 aliphatic carbocycles. The Balaban J connectivity index is 2.70. The molecule has 86 valence electrons. The predicted molar refractivity (Wildman–Crippen MR) is 67.2 cm³/mol. The van der Waals surface area contributed by atoms with Crippen LogP contribution in [0.3, 0.4) is 0 Å². The van der Waals surface area contributed by atoms with Crippen molar-refractivity contribution in [2.45, 2.75) is 45.7 Å². The van der Waals surface area contributed by atoms with E-state index in [1.54, 1.807) is 0 Å². The van der Waals surface area contributed by atoms with Gasteiger partial charge >= 0.3 is 0 Å². The average Bonchev–Trinajstić information content (AvgIpc) is 2.56. The summed E-state index contributed by atoms with van der Waals surface area (Å²) in [7, 11) is 2.00. The molecule has 0 radical (unpaired) electrons. The van der Waals surface area contributed by atoms with E-state index in [1.807, 2.05) is 13.2 Å². The highest BCUT2D eigenvalue weighted by atomic mass is 79.9. The molecule has 1 aromatic heterocycles. The highest BCUT2D eigenvalue weighted by Gasteiger charge is 2.11. The maximum Gasteiger partial charge on any atom is 0.0635 e. The number of aromatic nitrogens is 2. The van der Waals surface area contributed by atoms with Crippen LogP contribution in [0.5, 0.6) is 0 Å². The van der Waals surface area contributed by atoms with Crippen LogP contribution in [-0.2, 0) is 6.42 Å². The van der Waals surface area contributed by atoms with Crippen LogP contribution in [0.4, 0.5) is 0 Å². The van der Waals surface area contributed by atoms with Gasteiger partial charge in [0.15, 0.2) is 0 Å². The first-order valence-corrected chi connectivity index (χ1v) is 6.24. The predicted octanol–water partition coefficient (Wildman–Crippen LogP) is 2.77. The normalized spacial score (nSPS) is 13.5. The van der Waals surface area contributed by atoms with Crippen LogP contribution in [0.1, 0.15) is 38.9 Å². The van der Waals surface area contributed by atoms with Crippen LogP contribution in [0.25, 0.3) is 0 Å². The summed E-state index contributed by atoms with van der Waals surface area (Å²) in [5.41, 5.74) is 1.30. The van der Waals surface area contributed by atoms with E-state index in [0.29, 0.717) is 12.1 Å². The molecule has 1 atom stereocenters. The first-order chi connectivity index (χ1) is 7.06. The summed E-state index contributed by atoms with van der Waals surface area (Å²) in [6, 6.07) is 0.976. The van der Waals surface area contributed by atoms with Gasteiger partial charge in [-0.2, -0.15) is 5.10 Å². The lowest BCUT2D eigenvalue weighted by Gasteiger charge is -2.14. The van der Waals surface area contributed by atoms with Crippen molar-refractivity contribution >= 4 is 15.9 Å². The molecular weight excluding hydrogens is 254 g/mol. The molecule has 3 nitrogen and oxygen atoms in total. The minimum atomic E-state index is 0.427. The van der Waals surface area contributed by atoms with Crippen molar-refractivity contribution < 1.29 is 0 Å². The number of hydrogen-bond donors (Lipinski definition) is 1. The molecular formula is C11H20BrN3. The van der Waals surface area contributed by atoms with Crippen LogP contribution < -0.4 is 5.32 Å². The second kappa shape index (κ2) is 5.66. The molecule has 0 saturated heterocycles. The summed E-state index contributed by atoms with van der Waals surface area (Å²) in [5, 5.41) is 7.62. The van der Waals surface area contributed by atoms with Crippen LogP contribution in [0.2, 0.25) is 0 Å². The van der Waals surface area contributed by atoms with E-state index in [0.717, 1.165) is 17.3 Å². The van der Waals surface area contributed by atoms with E-state index in [9.17, 15) is 0 Å². The fourth-order valence-electron chi connectivity index (χ4n) is 1.54. The third kappa shape index (κ3) is 3.31. The van der Waals surface area contributed by atoms with Gasteiger partial charge in [-0.1, -0.05) is 0 Å². The van der Waals surface area contributed by atoms with E-state index < -0.39 is 0 Å². The van der Waals surface area contributed by atoms with Gasteiger partial charge in [-0.05, 0) is 56.6 Å². The van der Waals surface area contributed by atoms with Gasteiger partial charge in [0.05, 0.1) is 16.4 Å². The molecule has 0 fully saturated rings. The largest absolute Gasteiger partial charge is 0.317 e. The van der Waals surface area contributed by atoms with Crippen molar-refractivity contribution in [2.24, 2.45) is 0 Å². The van der Waals surface area contributed by atoms with E-state index in [1.165, 1.54) is 5.69 Å². The number of nitrogens with one attached hydrogen (secondary N) is 1. The van der Waals surface area contributed by atoms with Crippen LogP contribution in [0.15, 0.2) is 10.7 Å². The fourth-order valence-corrected chi connectivity index (χ4v) is 2.01. The van der Waals surface area contributed by atoms with Gasteiger partial charge in [-0.15, -0.1) is 0 Å². The lowest BCUT2D eigenvalue weighted by Crippen LogP contribution is -2.22. The van der Waals surface area contributed by atoms with E-state index in [2.05, 4.69) is 51.8 Å². The van der Waals surface area contributed by atoms with Gasteiger partial charge in [0.1, 0.15) is 0 Å². The van der Waals surface area contributed by atoms with Crippen molar-refractivity contribution in [3.8, 4) is 0 Å². The third-order valence-electron chi connectivity index (χ3n) is 2.64. The Morgan fingerprint density at radius 3 is 2.67 bits per heavy atom. The van der Waals surface area contributed by atoms with E-state index in [-0.39, 0.29) is 0 Å². The van der Waals surface area contributed by atoms with E-state index in [4.69, 9.17) is 0 Å². The first kappa shape index (κ1) is 12.7. The fraction of sp³-hybridized carbons (Fsp3) is 0.727. The summed E-state index contributed by atoms with van der Waals surface area (Å²) in [4.78, 5) is 0. The molecule has 15 heavy (non-hydrogen) atoms. The van der Waals surface area contributed by atoms with Crippen molar-refractivity contribution in [1.82, 2.24) is 15.1 Å². The third-order valence-corrected chi connectivity index (χ3v) is 3.31. The minimum Gasteiger partial charge on any atom is -0.317 e. The quantitative estimate of drug-likeness (QED) is 0.894. The number of nitrogens with zero attached hydrogens (tertiary/aromatic N) is 2. The molecule has 0 aromatic carbocycles. The molecule has 1 N–H and O–H groups in total. The molecule has 0 aliphatic rings. The zero-order valence-electron chi connectivity index (χ0n) is 9.92. The molecule has 0 saturated carbocycles. The monoisotopic (exact) mass is 273 g/mol. The topological polar surface area (TPSA) is 29.9 Å². The Hall–Kier alpha value is -0.350.